The third-order valence-corrected chi connectivity index (χ3v) is 9.29. The summed E-state index contributed by atoms with van der Waals surface area (Å²) in [6.07, 6.45) is 1.18. The van der Waals surface area contributed by atoms with Gasteiger partial charge in [-0.05, 0) is 47.5 Å². The third kappa shape index (κ3) is 4.06. The van der Waals surface area contributed by atoms with Crippen LogP contribution in [0.2, 0.25) is 0 Å². The first-order valence-electron chi connectivity index (χ1n) is 13.3. The van der Waals surface area contributed by atoms with E-state index in [2.05, 4.69) is 4.90 Å². The molecule has 9 heteroatoms. The number of carbonyl (C=O) groups is 2. The number of methoxy groups -OCH3 is 1. The topological polar surface area (TPSA) is 75.1 Å². The normalized spacial score (nSPS) is 22.8. The number of thiocarbonyl (C=S) groups is 1. The van der Waals surface area contributed by atoms with Gasteiger partial charge in [0.25, 0.3) is 5.56 Å². The first-order valence-corrected chi connectivity index (χ1v) is 13.7. The summed E-state index contributed by atoms with van der Waals surface area (Å²) in [6, 6.07) is 17.3. The number of piperidine rings is 1. The van der Waals surface area contributed by atoms with Gasteiger partial charge in [0.05, 0.1) is 7.11 Å². The zero-order chi connectivity index (χ0) is 27.5. The van der Waals surface area contributed by atoms with E-state index in [0.29, 0.717) is 25.4 Å². The second-order valence-corrected chi connectivity index (χ2v) is 11.5. The predicted molar refractivity (Wildman–Crippen MR) is 153 cm³/mol. The number of likely N-dealkylation sites (tertiary alicyclic amines) is 1. The number of nitrogens with zero attached hydrogens (tertiary/aromatic N) is 4. The fraction of sp³-hybridized carbons (Fsp3) is 0.400. The highest BCUT2D eigenvalue weighted by atomic mass is 32.1. The number of fused-ring (bicyclic) bond motifs is 5. The van der Waals surface area contributed by atoms with Crippen molar-refractivity contribution in [1.29, 1.82) is 0 Å². The van der Waals surface area contributed by atoms with Gasteiger partial charge in [0.15, 0.2) is 5.11 Å². The van der Waals surface area contributed by atoms with Crippen LogP contribution >= 0.6 is 12.2 Å². The number of benzene rings is 2. The average Bonchev–Trinajstić information content (AvgIpc) is 2.94. The van der Waals surface area contributed by atoms with Gasteiger partial charge in [-0.2, -0.15) is 0 Å². The molecule has 2 saturated heterocycles. The number of aromatic nitrogens is 1. The lowest BCUT2D eigenvalue weighted by Gasteiger charge is -2.49. The fourth-order valence-corrected chi connectivity index (χ4v) is 7.14. The van der Waals surface area contributed by atoms with E-state index in [0.717, 1.165) is 28.5 Å². The molecule has 2 aromatic carbocycles. The van der Waals surface area contributed by atoms with Crippen molar-refractivity contribution in [2.75, 3.05) is 40.8 Å². The lowest BCUT2D eigenvalue weighted by molar-refractivity contribution is -0.157. The summed E-state index contributed by atoms with van der Waals surface area (Å²) in [4.78, 5) is 46.0. The highest BCUT2D eigenvalue weighted by Gasteiger charge is 2.56. The van der Waals surface area contributed by atoms with Crippen LogP contribution in [0.3, 0.4) is 0 Å². The Morgan fingerprint density at radius 1 is 0.923 bits per heavy atom. The van der Waals surface area contributed by atoms with Crippen LogP contribution in [0.1, 0.15) is 23.6 Å². The smallest absolute Gasteiger partial charge is 0.250 e. The second kappa shape index (κ2) is 9.57. The minimum Gasteiger partial charge on any atom is -0.496 e. The Labute approximate surface area is 232 Å². The van der Waals surface area contributed by atoms with Gasteiger partial charge in [-0.1, -0.05) is 36.4 Å². The van der Waals surface area contributed by atoms with Gasteiger partial charge >= 0.3 is 0 Å². The lowest BCUT2D eigenvalue weighted by atomic mass is 9.74. The maximum absolute atomic E-state index is 14.2. The van der Waals surface area contributed by atoms with Crippen LogP contribution in [-0.2, 0) is 22.6 Å². The van der Waals surface area contributed by atoms with E-state index in [1.54, 1.807) is 27.3 Å². The van der Waals surface area contributed by atoms with Crippen molar-refractivity contribution in [1.82, 2.24) is 19.3 Å². The van der Waals surface area contributed by atoms with Crippen molar-refractivity contribution in [3.8, 4) is 5.75 Å². The molecule has 202 valence electrons. The molecule has 2 atom stereocenters. The molecule has 39 heavy (non-hydrogen) atoms. The fourth-order valence-electron chi connectivity index (χ4n) is 6.97. The van der Waals surface area contributed by atoms with Gasteiger partial charge in [0.2, 0.25) is 11.8 Å². The van der Waals surface area contributed by atoms with Crippen LogP contribution in [0.5, 0.6) is 5.75 Å². The largest absolute Gasteiger partial charge is 0.496 e. The number of ether oxygens (including phenoxy) is 1. The average molecular weight is 545 g/mol. The number of carbonyl (C=O) groups excluding carboxylic acids is 2. The molecule has 0 N–H and O–H groups in total. The Hall–Kier alpha value is -3.56. The Kier molecular flexibility index (Phi) is 6.31. The molecule has 2 amide bonds. The molecule has 3 aliphatic rings. The molecule has 0 radical (unpaired) electrons. The molecule has 3 aliphatic heterocycles. The zero-order valence-corrected chi connectivity index (χ0v) is 23.2. The molecular weight excluding hydrogens is 512 g/mol. The van der Waals surface area contributed by atoms with Crippen LogP contribution in [0.4, 0.5) is 0 Å². The SMILES string of the molecule is COc1ccc2ccccc2c1CC1(CN2C[C@H]3C[C@@H](C2)c2cccc(=O)n2C3)C(=O)N(C)C(=S)N(C)C1=O. The van der Waals surface area contributed by atoms with Crippen molar-refractivity contribution >= 4 is 39.9 Å². The molecular formula is C30H32N4O4S. The Morgan fingerprint density at radius 2 is 1.67 bits per heavy atom. The van der Waals surface area contributed by atoms with E-state index >= 15 is 0 Å². The summed E-state index contributed by atoms with van der Waals surface area (Å²) in [5.41, 5.74) is 0.515. The zero-order valence-electron chi connectivity index (χ0n) is 22.4. The Bertz CT molecular complexity index is 1540. The van der Waals surface area contributed by atoms with Crippen molar-refractivity contribution < 1.29 is 14.3 Å². The van der Waals surface area contributed by atoms with Gasteiger partial charge in [0.1, 0.15) is 11.2 Å². The minimum absolute atomic E-state index is 0.0320. The molecule has 3 aromatic rings. The minimum atomic E-state index is -1.38. The molecule has 4 heterocycles. The van der Waals surface area contributed by atoms with Crippen LogP contribution in [0.15, 0.2) is 59.4 Å². The molecule has 1 aromatic heterocycles. The van der Waals surface area contributed by atoms with E-state index < -0.39 is 5.41 Å². The van der Waals surface area contributed by atoms with E-state index in [1.807, 2.05) is 53.1 Å². The standard InChI is InChI=1S/C30H32N4O4S/c1-31-27(36)30(28(37)32(2)29(31)39,14-23-22-8-5-4-7-20(22)11-12-25(23)38-3)18-33-15-19-13-21(17-33)24-9-6-10-26(35)34(24)16-19/h4-12,19,21H,13-18H2,1-3H3/t19-,21+/m1/s1. The van der Waals surface area contributed by atoms with E-state index in [9.17, 15) is 14.4 Å². The van der Waals surface area contributed by atoms with Gasteiger partial charge in [-0.25, -0.2) is 0 Å². The van der Waals surface area contributed by atoms with E-state index in [1.165, 1.54) is 9.80 Å². The van der Waals surface area contributed by atoms with Crippen molar-refractivity contribution in [2.45, 2.75) is 25.3 Å². The molecule has 2 fully saturated rings. The quantitative estimate of drug-likeness (QED) is 0.363. The summed E-state index contributed by atoms with van der Waals surface area (Å²) >= 11 is 5.46. The van der Waals surface area contributed by atoms with Crippen molar-refractivity contribution in [3.63, 3.8) is 0 Å². The molecule has 6 rings (SSSR count). The maximum atomic E-state index is 14.2. The monoisotopic (exact) mass is 544 g/mol. The van der Waals surface area contributed by atoms with Gasteiger partial charge in [-0.3, -0.25) is 24.2 Å². The van der Waals surface area contributed by atoms with Crippen molar-refractivity contribution in [2.24, 2.45) is 11.3 Å². The Balaban J connectivity index is 1.44. The first-order chi connectivity index (χ1) is 18.7. The summed E-state index contributed by atoms with van der Waals surface area (Å²) in [5.74, 6) is 0.499. The van der Waals surface area contributed by atoms with Crippen LogP contribution in [0, 0.1) is 11.3 Å². The van der Waals surface area contributed by atoms with E-state index in [4.69, 9.17) is 17.0 Å². The molecule has 0 spiro atoms. The number of amides is 2. The van der Waals surface area contributed by atoms with Crippen molar-refractivity contribution in [3.05, 3.63) is 76.2 Å². The lowest BCUT2D eigenvalue weighted by Crippen LogP contribution is -2.67. The summed E-state index contributed by atoms with van der Waals surface area (Å²) in [7, 11) is 4.91. The predicted octanol–water partition coefficient (Wildman–Crippen LogP) is 2.87. The Morgan fingerprint density at radius 3 is 2.41 bits per heavy atom. The van der Waals surface area contributed by atoms with Gasteiger partial charge in [0, 0.05) is 69.9 Å². The third-order valence-electron chi connectivity index (χ3n) is 8.75. The molecule has 0 saturated carbocycles. The number of rotatable bonds is 5. The van der Waals surface area contributed by atoms with Crippen LogP contribution in [-0.4, -0.2) is 77.0 Å². The molecule has 0 unspecified atom stereocenters. The summed E-state index contributed by atoms with van der Waals surface area (Å²) in [5, 5.41) is 2.18. The number of hydrogen-bond donors (Lipinski definition) is 0. The summed E-state index contributed by atoms with van der Waals surface area (Å²) in [6.45, 7) is 2.30. The molecule has 8 nitrogen and oxygen atoms in total. The maximum Gasteiger partial charge on any atom is 0.250 e. The van der Waals surface area contributed by atoms with Gasteiger partial charge in [-0.15, -0.1) is 0 Å². The van der Waals surface area contributed by atoms with Crippen LogP contribution in [0.25, 0.3) is 10.8 Å². The highest BCUT2D eigenvalue weighted by molar-refractivity contribution is 7.80. The molecule has 0 aliphatic carbocycles. The van der Waals surface area contributed by atoms with Crippen LogP contribution < -0.4 is 10.3 Å². The first kappa shape index (κ1) is 25.7. The second-order valence-electron chi connectivity index (χ2n) is 11.1. The number of pyridine rings is 1. The van der Waals surface area contributed by atoms with Gasteiger partial charge < -0.3 is 14.2 Å². The number of hydrogen-bond acceptors (Lipinski definition) is 6. The highest BCUT2D eigenvalue weighted by Crippen LogP contribution is 2.41. The van der Waals surface area contributed by atoms with E-state index in [-0.39, 0.29) is 47.3 Å². The molecule has 2 bridgehead atoms. The summed E-state index contributed by atoms with van der Waals surface area (Å²) < 4.78 is 7.66.